The normalized spacial score (nSPS) is 19.6. The van der Waals surface area contributed by atoms with Gasteiger partial charge in [0.15, 0.2) is 0 Å². The van der Waals surface area contributed by atoms with E-state index in [1.807, 2.05) is 28.8 Å². The summed E-state index contributed by atoms with van der Waals surface area (Å²) in [5.74, 6) is 0.167. The molecule has 1 fully saturated rings. The summed E-state index contributed by atoms with van der Waals surface area (Å²) in [6.45, 7) is 1.48. The first-order valence-corrected chi connectivity index (χ1v) is 6.12. The molecule has 2 aromatic rings. The van der Waals surface area contributed by atoms with E-state index in [2.05, 4.69) is 4.98 Å². The van der Waals surface area contributed by atoms with E-state index < -0.39 is 0 Å². The zero-order valence-corrected chi connectivity index (χ0v) is 9.99. The van der Waals surface area contributed by atoms with Crippen molar-refractivity contribution in [1.29, 1.82) is 0 Å². The SMILES string of the molecule is O=C(c1cn2ccccc2n1)N1CCC(CO)C1. The van der Waals surface area contributed by atoms with E-state index in [-0.39, 0.29) is 18.4 Å². The van der Waals surface area contributed by atoms with Gasteiger partial charge in [-0.15, -0.1) is 0 Å². The highest BCUT2D eigenvalue weighted by Crippen LogP contribution is 2.18. The zero-order chi connectivity index (χ0) is 12.5. The van der Waals surface area contributed by atoms with Crippen LogP contribution in [0, 0.1) is 5.92 Å². The van der Waals surface area contributed by atoms with Gasteiger partial charge in [0.05, 0.1) is 0 Å². The molecule has 3 heterocycles. The van der Waals surface area contributed by atoms with Gasteiger partial charge in [0.25, 0.3) is 5.91 Å². The van der Waals surface area contributed by atoms with E-state index in [0.29, 0.717) is 18.8 Å². The molecule has 1 aliphatic rings. The fourth-order valence-corrected chi connectivity index (χ4v) is 2.37. The second kappa shape index (κ2) is 4.42. The minimum absolute atomic E-state index is 0.0466. The van der Waals surface area contributed by atoms with Crippen molar-refractivity contribution in [2.75, 3.05) is 19.7 Å². The van der Waals surface area contributed by atoms with E-state index in [1.54, 1.807) is 11.1 Å². The Morgan fingerprint density at radius 3 is 3.11 bits per heavy atom. The summed E-state index contributed by atoms with van der Waals surface area (Å²) in [5.41, 5.74) is 1.25. The Bertz CT molecular complexity index is 545. The van der Waals surface area contributed by atoms with Crippen molar-refractivity contribution < 1.29 is 9.90 Å². The van der Waals surface area contributed by atoms with Crippen LogP contribution in [0.2, 0.25) is 0 Å². The van der Waals surface area contributed by atoms with E-state index >= 15 is 0 Å². The molecule has 94 valence electrons. The standard InChI is InChI=1S/C13H15N3O2/c17-9-10-4-6-16(7-10)13(18)11-8-15-5-2-1-3-12(15)14-11/h1-3,5,8,10,17H,4,6-7,9H2. The molecule has 1 unspecified atom stereocenters. The Balaban J connectivity index is 1.84. The Morgan fingerprint density at radius 1 is 1.50 bits per heavy atom. The van der Waals surface area contributed by atoms with Crippen LogP contribution in [0.5, 0.6) is 0 Å². The Labute approximate surface area is 105 Å². The number of aliphatic hydroxyl groups excluding tert-OH is 1. The zero-order valence-electron chi connectivity index (χ0n) is 9.99. The third kappa shape index (κ3) is 1.86. The Morgan fingerprint density at radius 2 is 2.39 bits per heavy atom. The maximum Gasteiger partial charge on any atom is 0.274 e. The van der Waals surface area contributed by atoms with Crippen LogP contribution in [0.1, 0.15) is 16.9 Å². The number of rotatable bonds is 2. The number of imidazole rings is 1. The van der Waals surface area contributed by atoms with Gasteiger partial charge in [-0.3, -0.25) is 4.79 Å². The number of nitrogens with zero attached hydrogens (tertiary/aromatic N) is 3. The van der Waals surface area contributed by atoms with Gasteiger partial charge in [0.1, 0.15) is 11.3 Å². The Kier molecular flexibility index (Phi) is 2.76. The van der Waals surface area contributed by atoms with Crippen molar-refractivity contribution in [2.24, 2.45) is 5.92 Å². The van der Waals surface area contributed by atoms with E-state index in [0.717, 1.165) is 12.1 Å². The molecule has 0 bridgehead atoms. The molecular formula is C13H15N3O2. The Hall–Kier alpha value is -1.88. The minimum atomic E-state index is -0.0466. The van der Waals surface area contributed by atoms with Crippen molar-refractivity contribution in [3.63, 3.8) is 0 Å². The maximum absolute atomic E-state index is 12.2. The molecule has 5 heteroatoms. The fraction of sp³-hybridized carbons (Fsp3) is 0.385. The van der Waals surface area contributed by atoms with Gasteiger partial charge in [-0.2, -0.15) is 0 Å². The summed E-state index contributed by atoms with van der Waals surface area (Å²) >= 11 is 0. The van der Waals surface area contributed by atoms with Gasteiger partial charge in [-0.1, -0.05) is 6.07 Å². The molecule has 1 saturated heterocycles. The summed E-state index contributed by atoms with van der Waals surface area (Å²) in [6, 6.07) is 5.67. The molecule has 1 N–H and O–H groups in total. The molecule has 18 heavy (non-hydrogen) atoms. The second-order valence-electron chi connectivity index (χ2n) is 4.68. The smallest absolute Gasteiger partial charge is 0.274 e. The average molecular weight is 245 g/mol. The molecule has 1 aliphatic heterocycles. The topological polar surface area (TPSA) is 57.8 Å². The highest BCUT2D eigenvalue weighted by Gasteiger charge is 2.27. The predicted molar refractivity (Wildman–Crippen MR) is 66.3 cm³/mol. The molecule has 1 atom stereocenters. The summed E-state index contributed by atoms with van der Waals surface area (Å²) in [6.07, 6.45) is 4.50. The van der Waals surface area contributed by atoms with E-state index in [1.165, 1.54) is 0 Å². The van der Waals surface area contributed by atoms with Gasteiger partial charge in [0.2, 0.25) is 0 Å². The van der Waals surface area contributed by atoms with Gasteiger partial charge in [0, 0.05) is 38.0 Å². The van der Waals surface area contributed by atoms with Crippen molar-refractivity contribution in [3.05, 3.63) is 36.3 Å². The third-order valence-electron chi connectivity index (χ3n) is 3.41. The van der Waals surface area contributed by atoms with Crippen LogP contribution >= 0.6 is 0 Å². The lowest BCUT2D eigenvalue weighted by molar-refractivity contribution is 0.0777. The van der Waals surface area contributed by atoms with Crippen molar-refractivity contribution in [1.82, 2.24) is 14.3 Å². The molecule has 1 amide bonds. The molecule has 0 aliphatic carbocycles. The van der Waals surface area contributed by atoms with Crippen LogP contribution in [0.25, 0.3) is 5.65 Å². The minimum Gasteiger partial charge on any atom is -0.396 e. The lowest BCUT2D eigenvalue weighted by Crippen LogP contribution is -2.29. The fourth-order valence-electron chi connectivity index (χ4n) is 2.37. The van der Waals surface area contributed by atoms with Gasteiger partial charge in [-0.05, 0) is 18.6 Å². The number of hydrogen-bond donors (Lipinski definition) is 1. The molecule has 0 saturated carbocycles. The highest BCUT2D eigenvalue weighted by atomic mass is 16.3. The molecular weight excluding hydrogens is 230 g/mol. The average Bonchev–Trinajstić information content (AvgIpc) is 3.04. The predicted octanol–water partition coefficient (Wildman–Crippen LogP) is 0.789. The molecule has 2 aromatic heterocycles. The summed E-state index contributed by atoms with van der Waals surface area (Å²) in [5, 5.41) is 9.09. The number of fused-ring (bicyclic) bond motifs is 1. The van der Waals surface area contributed by atoms with Crippen LogP contribution in [0.4, 0.5) is 0 Å². The summed E-state index contributed by atoms with van der Waals surface area (Å²) in [7, 11) is 0. The monoisotopic (exact) mass is 245 g/mol. The largest absolute Gasteiger partial charge is 0.396 e. The maximum atomic E-state index is 12.2. The first-order chi connectivity index (χ1) is 8.78. The number of pyridine rings is 1. The highest BCUT2D eigenvalue weighted by molar-refractivity contribution is 5.93. The summed E-state index contributed by atoms with van der Waals surface area (Å²) < 4.78 is 1.84. The van der Waals surface area contributed by atoms with Crippen molar-refractivity contribution >= 4 is 11.6 Å². The first-order valence-electron chi connectivity index (χ1n) is 6.12. The van der Waals surface area contributed by atoms with Crippen molar-refractivity contribution in [3.8, 4) is 0 Å². The molecule has 0 aromatic carbocycles. The van der Waals surface area contributed by atoms with Crippen LogP contribution in [0.3, 0.4) is 0 Å². The molecule has 0 radical (unpaired) electrons. The quantitative estimate of drug-likeness (QED) is 0.851. The van der Waals surface area contributed by atoms with Crippen LogP contribution in [0.15, 0.2) is 30.6 Å². The van der Waals surface area contributed by atoms with E-state index in [9.17, 15) is 4.79 Å². The molecule has 0 spiro atoms. The summed E-state index contributed by atoms with van der Waals surface area (Å²) in [4.78, 5) is 18.3. The van der Waals surface area contributed by atoms with Gasteiger partial charge >= 0.3 is 0 Å². The molecule has 5 nitrogen and oxygen atoms in total. The van der Waals surface area contributed by atoms with Crippen LogP contribution in [-0.2, 0) is 0 Å². The van der Waals surface area contributed by atoms with Gasteiger partial charge < -0.3 is 14.4 Å². The lowest BCUT2D eigenvalue weighted by atomic mass is 10.1. The number of carbonyl (C=O) groups is 1. The number of carbonyl (C=O) groups excluding carboxylic acids is 1. The van der Waals surface area contributed by atoms with Crippen molar-refractivity contribution in [2.45, 2.75) is 6.42 Å². The van der Waals surface area contributed by atoms with Crippen LogP contribution in [-0.4, -0.2) is 45.0 Å². The van der Waals surface area contributed by atoms with Gasteiger partial charge in [-0.25, -0.2) is 4.98 Å². The first kappa shape index (κ1) is 11.2. The number of aliphatic hydroxyl groups is 1. The number of likely N-dealkylation sites (tertiary alicyclic amines) is 1. The van der Waals surface area contributed by atoms with Crippen LogP contribution < -0.4 is 0 Å². The number of aromatic nitrogens is 2. The second-order valence-corrected chi connectivity index (χ2v) is 4.68. The third-order valence-corrected chi connectivity index (χ3v) is 3.41. The number of hydrogen-bond acceptors (Lipinski definition) is 3. The molecule has 3 rings (SSSR count). The number of amides is 1. The van der Waals surface area contributed by atoms with E-state index in [4.69, 9.17) is 5.11 Å². The lowest BCUT2D eigenvalue weighted by Gasteiger charge is -2.14.